The van der Waals surface area contributed by atoms with E-state index in [-0.39, 0.29) is 24.9 Å². The number of hydrogen-bond donors (Lipinski definition) is 1. The molecule has 7 heteroatoms. The van der Waals surface area contributed by atoms with E-state index in [0.717, 1.165) is 9.21 Å². The van der Waals surface area contributed by atoms with E-state index in [0.29, 0.717) is 6.54 Å². The molecule has 0 aliphatic heterocycles. The Morgan fingerprint density at radius 3 is 2.71 bits per heavy atom. The maximum atomic E-state index is 11.8. The van der Waals surface area contributed by atoms with Crippen LogP contribution < -0.4 is 5.73 Å². The van der Waals surface area contributed by atoms with Gasteiger partial charge in [0.05, 0.1) is 10.9 Å². The van der Waals surface area contributed by atoms with E-state index in [4.69, 9.17) is 22.1 Å². The van der Waals surface area contributed by atoms with Crippen molar-refractivity contribution >= 4 is 41.3 Å². The van der Waals surface area contributed by atoms with Gasteiger partial charge in [0, 0.05) is 25.6 Å². The fraction of sp³-hybridized carbons (Fsp3) is 0.500. The van der Waals surface area contributed by atoms with Crippen molar-refractivity contribution in [2.24, 2.45) is 5.73 Å². The number of ether oxygens (including phenoxy) is 1. The highest BCUT2D eigenvalue weighted by Gasteiger charge is 2.20. The lowest BCUT2D eigenvalue weighted by atomic mass is 10.3. The maximum Gasteiger partial charge on any atom is 0.253 e. The second-order valence-electron chi connectivity index (χ2n) is 3.36. The van der Waals surface area contributed by atoms with Gasteiger partial charge in [0.1, 0.15) is 6.10 Å². The number of amides is 1. The number of hydrogen-bond acceptors (Lipinski definition) is 4. The van der Waals surface area contributed by atoms with Gasteiger partial charge in [0.2, 0.25) is 0 Å². The maximum absolute atomic E-state index is 11.8. The molecule has 1 aromatic heterocycles. The Morgan fingerprint density at radius 1 is 1.65 bits per heavy atom. The molecular weight excluding hydrogens is 283 g/mol. The van der Waals surface area contributed by atoms with Crippen LogP contribution >= 0.6 is 35.3 Å². The largest absolute Gasteiger partial charge is 0.370 e. The number of carbonyl (C=O) groups excluding carboxylic acids is 1. The van der Waals surface area contributed by atoms with Crippen molar-refractivity contribution in [2.45, 2.75) is 12.6 Å². The molecule has 1 heterocycles. The molecule has 1 aromatic rings. The van der Waals surface area contributed by atoms with Gasteiger partial charge in [-0.3, -0.25) is 4.79 Å². The zero-order valence-corrected chi connectivity index (χ0v) is 12.1. The lowest BCUT2D eigenvalue weighted by molar-refractivity contribution is -0.140. The number of likely N-dealkylation sites (N-methyl/N-ethyl adjacent to an activating group) is 1. The summed E-state index contributed by atoms with van der Waals surface area (Å²) in [5.41, 5.74) is 5.43. The number of thiophene rings is 1. The summed E-state index contributed by atoms with van der Waals surface area (Å²) in [6.45, 7) is 0.709. The number of carbonyl (C=O) groups is 1. The van der Waals surface area contributed by atoms with Crippen LogP contribution in [-0.2, 0) is 16.1 Å². The lowest BCUT2D eigenvalue weighted by Crippen LogP contribution is -2.41. The molecule has 0 aliphatic rings. The van der Waals surface area contributed by atoms with Crippen molar-refractivity contribution in [1.29, 1.82) is 0 Å². The van der Waals surface area contributed by atoms with Gasteiger partial charge in [-0.25, -0.2) is 0 Å². The van der Waals surface area contributed by atoms with E-state index in [9.17, 15) is 4.79 Å². The Bertz CT molecular complexity index is 356. The minimum Gasteiger partial charge on any atom is -0.370 e. The van der Waals surface area contributed by atoms with E-state index in [1.54, 1.807) is 11.9 Å². The molecule has 17 heavy (non-hydrogen) atoms. The SMILES string of the molecule is COC(CN)C(=O)N(C)Cc1ccc(Cl)s1.Cl. The van der Waals surface area contributed by atoms with E-state index in [1.165, 1.54) is 18.4 Å². The molecule has 0 saturated heterocycles. The monoisotopic (exact) mass is 298 g/mol. The highest BCUT2D eigenvalue weighted by molar-refractivity contribution is 7.16. The van der Waals surface area contributed by atoms with Crippen LogP contribution in [-0.4, -0.2) is 37.6 Å². The summed E-state index contributed by atoms with van der Waals surface area (Å²) in [6, 6.07) is 3.72. The predicted octanol–water partition coefficient (Wildman–Crippen LogP) is 1.76. The van der Waals surface area contributed by atoms with Gasteiger partial charge >= 0.3 is 0 Å². The fourth-order valence-corrected chi connectivity index (χ4v) is 2.43. The summed E-state index contributed by atoms with van der Waals surface area (Å²) in [4.78, 5) is 14.4. The molecule has 0 saturated carbocycles. The van der Waals surface area contributed by atoms with Crippen LogP contribution in [0.2, 0.25) is 4.34 Å². The van der Waals surface area contributed by atoms with E-state index in [1.807, 2.05) is 12.1 Å². The van der Waals surface area contributed by atoms with Crippen LogP contribution in [0.5, 0.6) is 0 Å². The molecule has 0 aromatic carbocycles. The topological polar surface area (TPSA) is 55.6 Å². The number of methoxy groups -OCH3 is 1. The van der Waals surface area contributed by atoms with Gasteiger partial charge < -0.3 is 15.4 Å². The molecule has 0 aliphatic carbocycles. The Morgan fingerprint density at radius 2 is 2.29 bits per heavy atom. The number of halogens is 2. The van der Waals surface area contributed by atoms with Crippen molar-refractivity contribution in [1.82, 2.24) is 4.90 Å². The van der Waals surface area contributed by atoms with Crippen LogP contribution in [0, 0.1) is 0 Å². The molecule has 1 rings (SSSR count). The smallest absolute Gasteiger partial charge is 0.253 e. The highest BCUT2D eigenvalue weighted by Crippen LogP contribution is 2.22. The Balaban J connectivity index is 0.00000256. The zero-order chi connectivity index (χ0) is 12.1. The molecule has 1 unspecified atom stereocenters. The van der Waals surface area contributed by atoms with E-state index >= 15 is 0 Å². The number of nitrogens with zero attached hydrogens (tertiary/aromatic N) is 1. The Hall–Kier alpha value is -0.330. The summed E-state index contributed by atoms with van der Waals surface area (Å²) in [5, 5.41) is 0. The highest BCUT2D eigenvalue weighted by atomic mass is 35.5. The summed E-state index contributed by atoms with van der Waals surface area (Å²) < 4.78 is 5.71. The van der Waals surface area contributed by atoms with Gasteiger partial charge in [0.15, 0.2) is 0 Å². The predicted molar refractivity (Wildman–Crippen MR) is 72.9 cm³/mol. The molecule has 0 radical (unpaired) electrons. The van der Waals surface area contributed by atoms with E-state index in [2.05, 4.69) is 0 Å². The van der Waals surface area contributed by atoms with Gasteiger partial charge in [-0.15, -0.1) is 23.7 Å². The molecule has 4 nitrogen and oxygen atoms in total. The lowest BCUT2D eigenvalue weighted by Gasteiger charge is -2.21. The first-order chi connectivity index (χ1) is 7.58. The van der Waals surface area contributed by atoms with Gasteiger partial charge in [0.25, 0.3) is 5.91 Å². The van der Waals surface area contributed by atoms with Gasteiger partial charge in [-0.05, 0) is 12.1 Å². The molecule has 2 N–H and O–H groups in total. The zero-order valence-electron chi connectivity index (χ0n) is 9.68. The third kappa shape index (κ3) is 4.81. The number of rotatable bonds is 5. The Labute approximate surface area is 116 Å². The first-order valence-electron chi connectivity index (χ1n) is 4.80. The van der Waals surface area contributed by atoms with Crippen molar-refractivity contribution < 1.29 is 9.53 Å². The number of nitrogens with two attached hydrogens (primary N) is 1. The standard InChI is InChI=1S/C10H15ClN2O2S.ClH/c1-13(10(14)8(5-12)15-2)6-7-3-4-9(11)16-7;/h3-4,8H,5-6,12H2,1-2H3;1H. The Kier molecular flexibility index (Phi) is 7.74. The second-order valence-corrected chi connectivity index (χ2v) is 5.16. The van der Waals surface area contributed by atoms with E-state index < -0.39 is 6.10 Å². The molecule has 0 fully saturated rings. The van der Waals surface area contributed by atoms with Crippen molar-refractivity contribution in [2.75, 3.05) is 20.7 Å². The second kappa shape index (κ2) is 7.89. The minimum atomic E-state index is -0.569. The quantitative estimate of drug-likeness (QED) is 0.901. The fourth-order valence-electron chi connectivity index (χ4n) is 1.29. The third-order valence-corrected chi connectivity index (χ3v) is 3.39. The van der Waals surface area contributed by atoms with Crippen LogP contribution in [0.25, 0.3) is 0 Å². The van der Waals surface area contributed by atoms with Crippen molar-refractivity contribution in [3.63, 3.8) is 0 Å². The third-order valence-electron chi connectivity index (χ3n) is 2.17. The van der Waals surface area contributed by atoms with Crippen molar-refractivity contribution in [3.8, 4) is 0 Å². The molecule has 0 bridgehead atoms. The first-order valence-corrected chi connectivity index (χ1v) is 6.00. The first kappa shape index (κ1) is 16.7. The molecule has 0 spiro atoms. The summed E-state index contributed by atoms with van der Waals surface area (Å²) in [7, 11) is 3.20. The van der Waals surface area contributed by atoms with Crippen LogP contribution in [0.15, 0.2) is 12.1 Å². The summed E-state index contributed by atoms with van der Waals surface area (Å²) in [5.74, 6) is -0.116. The van der Waals surface area contributed by atoms with Crippen LogP contribution in [0.3, 0.4) is 0 Å². The molecule has 1 amide bonds. The normalized spacial score (nSPS) is 11.8. The van der Waals surface area contributed by atoms with Gasteiger partial charge in [-0.2, -0.15) is 0 Å². The summed E-state index contributed by atoms with van der Waals surface area (Å²) >= 11 is 7.27. The molecule has 1 atom stereocenters. The average Bonchev–Trinajstić information content (AvgIpc) is 2.65. The van der Waals surface area contributed by atoms with Crippen LogP contribution in [0.4, 0.5) is 0 Å². The molecule has 98 valence electrons. The van der Waals surface area contributed by atoms with Crippen LogP contribution in [0.1, 0.15) is 4.88 Å². The van der Waals surface area contributed by atoms with Gasteiger partial charge in [-0.1, -0.05) is 11.6 Å². The summed E-state index contributed by atoms with van der Waals surface area (Å²) in [6.07, 6.45) is -0.569. The average molecular weight is 299 g/mol. The van der Waals surface area contributed by atoms with Crippen molar-refractivity contribution in [3.05, 3.63) is 21.3 Å². The minimum absolute atomic E-state index is 0. The molecular formula is C10H16Cl2N2O2S.